The molecule has 0 unspecified atom stereocenters. The van der Waals surface area contributed by atoms with E-state index in [0.717, 1.165) is 0 Å². The summed E-state index contributed by atoms with van der Waals surface area (Å²) in [5.41, 5.74) is -0.230. The number of aliphatic hydroxyl groups excluding tert-OH is 3. The Labute approximate surface area is 180 Å². The SMILES string of the molecule is O=c1cc(CO)oc2cccc(OCC(O)COc3cccc4oc(CO)cc(=O)c34)c12. The molecule has 32 heavy (non-hydrogen) atoms. The van der Waals surface area contributed by atoms with Crippen LogP contribution in [0.2, 0.25) is 0 Å². The Kier molecular flexibility index (Phi) is 6.22. The van der Waals surface area contributed by atoms with Crippen LogP contribution in [0.25, 0.3) is 21.9 Å². The van der Waals surface area contributed by atoms with Crippen molar-refractivity contribution in [3.05, 3.63) is 80.5 Å². The van der Waals surface area contributed by atoms with Crippen LogP contribution in [0.1, 0.15) is 11.5 Å². The van der Waals surface area contributed by atoms with E-state index in [2.05, 4.69) is 0 Å². The maximum absolute atomic E-state index is 12.3. The van der Waals surface area contributed by atoms with Crippen molar-refractivity contribution in [2.75, 3.05) is 13.2 Å². The highest BCUT2D eigenvalue weighted by molar-refractivity contribution is 5.84. The number of aliphatic hydroxyl groups is 3. The molecule has 0 spiro atoms. The molecule has 0 bridgehead atoms. The van der Waals surface area contributed by atoms with Crippen molar-refractivity contribution < 1.29 is 33.6 Å². The summed E-state index contributed by atoms with van der Waals surface area (Å²) in [5.74, 6) is 0.724. The van der Waals surface area contributed by atoms with Crippen LogP contribution in [-0.2, 0) is 13.2 Å². The van der Waals surface area contributed by atoms with Crippen LogP contribution in [0.15, 0.2) is 67.0 Å². The van der Waals surface area contributed by atoms with Crippen molar-refractivity contribution in [1.29, 1.82) is 0 Å². The van der Waals surface area contributed by atoms with Crippen LogP contribution in [0.4, 0.5) is 0 Å². The molecule has 4 aromatic rings. The molecule has 166 valence electrons. The molecule has 0 aliphatic rings. The topological polar surface area (TPSA) is 140 Å². The third-order valence-electron chi connectivity index (χ3n) is 4.71. The second-order valence-electron chi connectivity index (χ2n) is 7.00. The average molecular weight is 440 g/mol. The van der Waals surface area contributed by atoms with Crippen molar-refractivity contribution in [2.45, 2.75) is 19.3 Å². The van der Waals surface area contributed by atoms with Crippen LogP contribution < -0.4 is 20.3 Å². The molecule has 0 fully saturated rings. The number of ether oxygens (including phenoxy) is 2. The van der Waals surface area contributed by atoms with Gasteiger partial charge in [-0.3, -0.25) is 9.59 Å². The third kappa shape index (κ3) is 4.35. The van der Waals surface area contributed by atoms with Gasteiger partial charge in [0.1, 0.15) is 77.5 Å². The zero-order chi connectivity index (χ0) is 22.7. The zero-order valence-corrected chi connectivity index (χ0v) is 16.8. The molecular formula is C23H20O9. The maximum atomic E-state index is 12.3. The van der Waals surface area contributed by atoms with E-state index in [1.165, 1.54) is 12.1 Å². The van der Waals surface area contributed by atoms with Crippen molar-refractivity contribution >= 4 is 21.9 Å². The molecule has 2 aromatic heterocycles. The van der Waals surface area contributed by atoms with Gasteiger partial charge in [-0.1, -0.05) is 12.1 Å². The fraction of sp³-hybridized carbons (Fsp3) is 0.217. The van der Waals surface area contributed by atoms with Crippen molar-refractivity contribution in [2.24, 2.45) is 0 Å². The lowest BCUT2D eigenvalue weighted by Crippen LogP contribution is -2.25. The Balaban J connectivity index is 1.47. The first kappa shape index (κ1) is 21.6. The fourth-order valence-corrected chi connectivity index (χ4v) is 3.27. The van der Waals surface area contributed by atoms with Crippen LogP contribution in [0.3, 0.4) is 0 Å². The van der Waals surface area contributed by atoms with Gasteiger partial charge < -0.3 is 33.6 Å². The largest absolute Gasteiger partial charge is 0.490 e. The standard InChI is InChI=1S/C23H20O9/c24-9-14-7-16(27)22-18(3-1-5-20(22)31-14)29-11-13(26)12-30-19-4-2-6-21-23(19)17(28)8-15(10-25)32-21/h1-8,13,24-26H,9-12H2. The fourth-order valence-electron chi connectivity index (χ4n) is 3.27. The van der Waals surface area contributed by atoms with E-state index < -0.39 is 19.3 Å². The number of rotatable bonds is 8. The smallest absolute Gasteiger partial charge is 0.196 e. The van der Waals surface area contributed by atoms with E-state index in [0.29, 0.717) is 0 Å². The van der Waals surface area contributed by atoms with E-state index in [1.54, 1.807) is 36.4 Å². The molecule has 0 aliphatic carbocycles. The molecule has 4 rings (SSSR count). The molecule has 3 N–H and O–H groups in total. The highest BCUT2D eigenvalue weighted by atomic mass is 16.5. The van der Waals surface area contributed by atoms with E-state index in [9.17, 15) is 24.9 Å². The summed E-state index contributed by atoms with van der Waals surface area (Å²) in [6.45, 7) is -1.18. The summed E-state index contributed by atoms with van der Waals surface area (Å²) in [6.07, 6.45) is -1.08. The summed E-state index contributed by atoms with van der Waals surface area (Å²) in [7, 11) is 0. The first-order chi connectivity index (χ1) is 15.5. The highest BCUT2D eigenvalue weighted by Crippen LogP contribution is 2.25. The Morgan fingerprint density at radius 2 is 1.19 bits per heavy atom. The Hall–Kier alpha value is -3.66. The number of hydrogen-bond acceptors (Lipinski definition) is 9. The lowest BCUT2D eigenvalue weighted by molar-refractivity contribution is 0.0636. The summed E-state index contributed by atoms with van der Waals surface area (Å²) >= 11 is 0. The quantitative estimate of drug-likeness (QED) is 0.373. The van der Waals surface area contributed by atoms with E-state index >= 15 is 0 Å². The molecule has 0 aliphatic heterocycles. The predicted molar refractivity (Wildman–Crippen MR) is 114 cm³/mol. The molecule has 9 heteroatoms. The first-order valence-corrected chi connectivity index (χ1v) is 9.77. The lowest BCUT2D eigenvalue weighted by atomic mass is 10.2. The van der Waals surface area contributed by atoms with Gasteiger partial charge in [0, 0.05) is 12.1 Å². The second-order valence-corrected chi connectivity index (χ2v) is 7.00. The molecule has 0 atom stereocenters. The van der Waals surface area contributed by atoms with Gasteiger partial charge in [0.05, 0.1) is 0 Å². The van der Waals surface area contributed by atoms with Crippen molar-refractivity contribution in [3.63, 3.8) is 0 Å². The third-order valence-corrected chi connectivity index (χ3v) is 4.71. The molecular weight excluding hydrogens is 420 g/mol. The van der Waals surface area contributed by atoms with Crippen LogP contribution in [0, 0.1) is 0 Å². The lowest BCUT2D eigenvalue weighted by Gasteiger charge is -2.15. The molecule has 2 aromatic carbocycles. The van der Waals surface area contributed by atoms with Gasteiger partial charge in [0.2, 0.25) is 0 Å². The van der Waals surface area contributed by atoms with Crippen molar-refractivity contribution in [3.8, 4) is 11.5 Å². The average Bonchev–Trinajstić information content (AvgIpc) is 2.80. The Morgan fingerprint density at radius 3 is 1.59 bits per heavy atom. The number of hydrogen-bond donors (Lipinski definition) is 3. The number of fused-ring (bicyclic) bond motifs is 2. The molecule has 0 saturated carbocycles. The van der Waals surface area contributed by atoms with Crippen LogP contribution in [0.5, 0.6) is 11.5 Å². The summed E-state index contributed by atoms with van der Waals surface area (Å²) in [4.78, 5) is 24.7. The molecule has 2 heterocycles. The van der Waals surface area contributed by atoms with Gasteiger partial charge in [-0.2, -0.15) is 0 Å². The zero-order valence-electron chi connectivity index (χ0n) is 16.8. The molecule has 9 nitrogen and oxygen atoms in total. The number of benzene rings is 2. The second kappa shape index (κ2) is 9.23. The van der Waals surface area contributed by atoms with Gasteiger partial charge in [-0.05, 0) is 24.3 Å². The minimum atomic E-state index is -1.08. The van der Waals surface area contributed by atoms with Crippen molar-refractivity contribution in [1.82, 2.24) is 0 Å². The molecule has 0 amide bonds. The Bertz CT molecular complexity index is 1260. The maximum Gasteiger partial charge on any atom is 0.196 e. The highest BCUT2D eigenvalue weighted by Gasteiger charge is 2.15. The molecule has 0 saturated heterocycles. The van der Waals surface area contributed by atoms with Gasteiger partial charge in [0.25, 0.3) is 0 Å². The summed E-state index contributed by atoms with van der Waals surface area (Å²) < 4.78 is 22.1. The molecule has 0 radical (unpaired) electrons. The van der Waals surface area contributed by atoms with Crippen LogP contribution >= 0.6 is 0 Å². The van der Waals surface area contributed by atoms with Gasteiger partial charge >= 0.3 is 0 Å². The predicted octanol–water partition coefficient (Wildman–Crippen LogP) is 1.70. The van der Waals surface area contributed by atoms with Crippen LogP contribution in [-0.4, -0.2) is 34.6 Å². The minimum absolute atomic E-state index is 0.138. The van der Waals surface area contributed by atoms with E-state index in [-0.39, 0.29) is 69.0 Å². The normalized spacial score (nSPS) is 11.4. The Morgan fingerprint density at radius 1 is 0.750 bits per heavy atom. The van der Waals surface area contributed by atoms with E-state index in [1.807, 2.05) is 0 Å². The van der Waals surface area contributed by atoms with Gasteiger partial charge in [0.15, 0.2) is 10.9 Å². The summed E-state index contributed by atoms with van der Waals surface area (Å²) in [5, 5.41) is 29.1. The van der Waals surface area contributed by atoms with Gasteiger partial charge in [-0.25, -0.2) is 0 Å². The van der Waals surface area contributed by atoms with E-state index in [4.69, 9.17) is 18.3 Å². The monoisotopic (exact) mass is 440 g/mol. The van der Waals surface area contributed by atoms with Gasteiger partial charge in [-0.15, -0.1) is 0 Å². The summed E-state index contributed by atoms with van der Waals surface area (Å²) in [6, 6.07) is 11.9. The first-order valence-electron chi connectivity index (χ1n) is 9.77. The minimum Gasteiger partial charge on any atom is -0.490 e.